The summed E-state index contributed by atoms with van der Waals surface area (Å²) < 4.78 is 5.56. The van der Waals surface area contributed by atoms with Crippen molar-refractivity contribution in [1.82, 2.24) is 25.8 Å². The number of hydrogen-bond acceptors (Lipinski definition) is 14. The van der Waals surface area contributed by atoms with Crippen molar-refractivity contribution in [3.05, 3.63) is 47.5 Å². The number of hydrogen-bond donors (Lipinski definition) is 13. The number of nitrogens with one attached hydrogen (secondary N) is 4. The summed E-state index contributed by atoms with van der Waals surface area (Å²) in [5.74, 6) is -5.91. The smallest absolute Gasteiger partial charge is 0.342 e. The van der Waals surface area contributed by atoms with Gasteiger partial charge in [-0.3, -0.25) is 23.7 Å². The van der Waals surface area contributed by atoms with E-state index in [1.165, 1.54) is 36.4 Å². The Labute approximate surface area is 316 Å². The van der Waals surface area contributed by atoms with Crippen molar-refractivity contribution in [2.45, 2.75) is 74.7 Å². The summed E-state index contributed by atoms with van der Waals surface area (Å²) in [5, 5.41) is 89.6. The van der Waals surface area contributed by atoms with Gasteiger partial charge < -0.3 is 72.6 Å². The summed E-state index contributed by atoms with van der Waals surface area (Å²) in [5.41, 5.74) is 4.89. The Kier molecular flexibility index (Phi) is 15.7. The fourth-order valence-corrected chi connectivity index (χ4v) is 6.14. The second-order valence-corrected chi connectivity index (χ2v) is 14.0. The van der Waals surface area contributed by atoms with E-state index in [-0.39, 0.29) is 33.7 Å². The lowest BCUT2D eigenvalue weighted by atomic mass is 9.95. The molecule has 1 aliphatic heterocycles. The lowest BCUT2D eigenvalue weighted by Crippen LogP contribution is -2.69. The van der Waals surface area contributed by atoms with Crippen molar-refractivity contribution >= 4 is 35.3 Å². The van der Waals surface area contributed by atoms with Crippen molar-refractivity contribution in [3.8, 4) is 17.2 Å². The quantitative estimate of drug-likeness (QED) is 0.0384. The number of esters is 1. The van der Waals surface area contributed by atoms with E-state index >= 15 is 0 Å². The normalized spacial score (nSPS) is 18.5. The molecule has 0 aromatic heterocycles. The molecule has 1 heterocycles. The van der Waals surface area contributed by atoms with Crippen molar-refractivity contribution in [2.75, 3.05) is 40.5 Å². The SMILES string of the molecule is C[C@@H](O)[C@H](NC(=O)CC(O)CC(OC(=O)c1ccccc1O)C([NH3+])CO)C(=O)N[C@H](CO)C(=O)N[C@@H](CO)C(=O)NC1Cc2cc(O)c(O)cc2[N+](C)(C)C1. The van der Waals surface area contributed by atoms with Gasteiger partial charge in [0.15, 0.2) is 17.6 Å². The molecule has 0 saturated heterocycles. The van der Waals surface area contributed by atoms with E-state index in [0.717, 1.165) is 12.6 Å². The maximum absolute atomic E-state index is 13.1. The number of aliphatic hydroxyl groups excluding tert-OH is 5. The average Bonchev–Trinajstić information content (AvgIpc) is 3.11. The maximum Gasteiger partial charge on any atom is 0.342 e. The Morgan fingerprint density at radius 2 is 1.45 bits per heavy atom. The van der Waals surface area contributed by atoms with Crippen LogP contribution in [0, 0.1) is 0 Å². The highest BCUT2D eigenvalue weighted by Crippen LogP contribution is 2.38. The third-order valence-corrected chi connectivity index (χ3v) is 9.10. The summed E-state index contributed by atoms with van der Waals surface area (Å²) in [6.07, 6.45) is -5.09. The Morgan fingerprint density at radius 3 is 2.05 bits per heavy atom. The van der Waals surface area contributed by atoms with Gasteiger partial charge in [0.25, 0.3) is 0 Å². The zero-order valence-electron chi connectivity index (χ0n) is 30.7. The maximum atomic E-state index is 13.1. The van der Waals surface area contributed by atoms with Crippen LogP contribution in [0.15, 0.2) is 36.4 Å². The zero-order chi connectivity index (χ0) is 41.2. The number of ether oxygens (including phenoxy) is 1. The first kappa shape index (κ1) is 44.3. The van der Waals surface area contributed by atoms with Crippen molar-refractivity contribution < 1.29 is 75.3 Å². The van der Waals surface area contributed by atoms with Gasteiger partial charge >= 0.3 is 5.97 Å². The van der Waals surface area contributed by atoms with E-state index in [4.69, 9.17) is 4.74 Å². The molecule has 20 heteroatoms. The van der Waals surface area contributed by atoms with Crippen LogP contribution < -0.4 is 31.5 Å². The fourth-order valence-electron chi connectivity index (χ4n) is 6.14. The fraction of sp³-hybridized carbons (Fsp3) is 0.514. The number of phenols is 3. The molecule has 4 unspecified atom stereocenters. The molecule has 0 spiro atoms. The predicted octanol–water partition coefficient (Wildman–Crippen LogP) is -4.80. The Balaban J connectivity index is 1.58. The summed E-state index contributed by atoms with van der Waals surface area (Å²) in [6.45, 7) is -0.914. The van der Waals surface area contributed by atoms with Gasteiger partial charge in [-0.2, -0.15) is 0 Å². The average molecular weight is 781 g/mol. The van der Waals surface area contributed by atoms with Gasteiger partial charge in [-0.05, 0) is 25.1 Å². The highest BCUT2D eigenvalue weighted by Gasteiger charge is 2.38. The van der Waals surface area contributed by atoms with Crippen LogP contribution in [0.4, 0.5) is 5.69 Å². The standard InChI is InChI=1S/C35H50N6O14/c1-17(45)31(40-30(50)11-20(46)10-29(22(36)14-42)55-35(54)21-6-4-5-7-26(21)47)34(53)39-24(16-44)33(52)38-23(15-43)32(51)37-19-8-18-9-27(48)28(49)12-25(18)41(2,3)13-19/h4-7,9,12,17,19-20,22-24,29,31,42-46H,8,10-11,13-16,36H2,1-3H3,(H6-,37,38,39,40,47,48,49,50,51,52,53,54)/p+2/t17-,19?,20?,22?,23+,24-,29?,31+/m1/s1. The van der Waals surface area contributed by atoms with E-state index < -0.39 is 111 Å². The molecule has 0 saturated carbocycles. The molecule has 0 radical (unpaired) electrons. The number of aliphatic hydroxyl groups is 5. The van der Waals surface area contributed by atoms with E-state index in [0.29, 0.717) is 12.1 Å². The number of rotatable bonds is 18. The van der Waals surface area contributed by atoms with Crippen LogP contribution in [0.2, 0.25) is 0 Å². The van der Waals surface area contributed by atoms with Gasteiger partial charge in [0, 0.05) is 24.5 Å². The lowest BCUT2D eigenvalue weighted by Gasteiger charge is -2.39. The molecule has 0 aliphatic carbocycles. The number of likely N-dealkylation sites (N-methyl/N-ethyl adjacent to an activating group) is 1. The molecule has 55 heavy (non-hydrogen) atoms. The third-order valence-electron chi connectivity index (χ3n) is 9.10. The molecule has 20 nitrogen and oxygen atoms in total. The Bertz CT molecular complexity index is 1690. The van der Waals surface area contributed by atoms with E-state index in [2.05, 4.69) is 27.0 Å². The van der Waals surface area contributed by atoms with E-state index in [1.54, 1.807) is 0 Å². The minimum Gasteiger partial charge on any atom is -0.507 e. The molecule has 4 amide bonds. The second kappa shape index (κ2) is 19.5. The Morgan fingerprint density at radius 1 is 0.855 bits per heavy atom. The first-order chi connectivity index (χ1) is 25.8. The molecule has 304 valence electrons. The van der Waals surface area contributed by atoms with Gasteiger partial charge in [0.2, 0.25) is 23.6 Å². The largest absolute Gasteiger partial charge is 0.507 e. The highest BCUT2D eigenvalue weighted by atomic mass is 16.5. The molecular weight excluding hydrogens is 728 g/mol. The summed E-state index contributed by atoms with van der Waals surface area (Å²) in [7, 11) is 3.65. The van der Waals surface area contributed by atoms with Crippen LogP contribution >= 0.6 is 0 Å². The van der Waals surface area contributed by atoms with Crippen LogP contribution in [-0.4, -0.2) is 159 Å². The molecule has 3 rings (SSSR count). The molecular formula is C35H52N6O14+2. The lowest BCUT2D eigenvalue weighted by molar-refractivity contribution is -0.443. The number of fused-ring (bicyclic) bond motifs is 1. The second-order valence-electron chi connectivity index (χ2n) is 14.0. The minimum absolute atomic E-state index is 0.180. The van der Waals surface area contributed by atoms with Crippen molar-refractivity contribution in [1.29, 1.82) is 0 Å². The van der Waals surface area contributed by atoms with E-state index in [9.17, 15) is 64.8 Å². The Hall–Kier alpha value is -5.09. The number of benzene rings is 2. The first-order valence-corrected chi connectivity index (χ1v) is 17.4. The zero-order valence-corrected chi connectivity index (χ0v) is 30.7. The summed E-state index contributed by atoms with van der Waals surface area (Å²) >= 11 is 0. The van der Waals surface area contributed by atoms with Crippen LogP contribution in [0.1, 0.15) is 35.7 Å². The van der Waals surface area contributed by atoms with Gasteiger partial charge in [-0.1, -0.05) is 12.1 Å². The molecule has 2 aromatic carbocycles. The number of nitrogens with zero attached hydrogens (tertiary/aromatic N) is 1. The monoisotopic (exact) mass is 780 g/mol. The highest BCUT2D eigenvalue weighted by molar-refractivity contribution is 5.95. The van der Waals surface area contributed by atoms with Gasteiger partial charge in [0.05, 0.1) is 58.6 Å². The number of quaternary nitrogens is 2. The van der Waals surface area contributed by atoms with Gasteiger partial charge in [-0.25, -0.2) is 4.79 Å². The van der Waals surface area contributed by atoms with Crippen LogP contribution in [0.3, 0.4) is 0 Å². The number of para-hydroxylation sites is 1. The van der Waals surface area contributed by atoms with Crippen LogP contribution in [0.25, 0.3) is 0 Å². The van der Waals surface area contributed by atoms with Crippen molar-refractivity contribution in [2.24, 2.45) is 0 Å². The topological polar surface area (TPSA) is 332 Å². The van der Waals surface area contributed by atoms with Gasteiger partial charge in [-0.15, -0.1) is 0 Å². The van der Waals surface area contributed by atoms with Crippen LogP contribution in [0.5, 0.6) is 17.2 Å². The predicted molar refractivity (Wildman–Crippen MR) is 192 cm³/mol. The number of aromatic hydroxyl groups is 3. The third kappa shape index (κ3) is 11.9. The minimum atomic E-state index is -1.71. The molecule has 15 N–H and O–H groups in total. The van der Waals surface area contributed by atoms with Gasteiger partial charge in [0.1, 0.15) is 47.7 Å². The van der Waals surface area contributed by atoms with Crippen molar-refractivity contribution in [3.63, 3.8) is 0 Å². The number of amides is 4. The molecule has 2 aromatic rings. The summed E-state index contributed by atoms with van der Waals surface area (Å²) in [4.78, 5) is 64.7. The number of carbonyl (C=O) groups excluding carboxylic acids is 5. The van der Waals surface area contributed by atoms with E-state index in [1.807, 2.05) is 14.1 Å². The number of carbonyl (C=O) groups is 5. The molecule has 0 fully saturated rings. The molecule has 8 atom stereocenters. The number of phenolic OH excluding ortho intramolecular Hbond substituents is 3. The summed E-state index contributed by atoms with van der Waals surface area (Å²) in [6, 6.07) is 1.95. The van der Waals surface area contributed by atoms with Crippen LogP contribution in [-0.2, 0) is 30.3 Å². The molecule has 0 bridgehead atoms. The molecule has 1 aliphatic rings. The first-order valence-electron chi connectivity index (χ1n) is 17.4.